The molecular weight excluding hydrogens is 356 g/mol. The molecule has 0 N–H and O–H groups in total. The van der Waals surface area contributed by atoms with E-state index in [2.05, 4.69) is 12.1 Å². The van der Waals surface area contributed by atoms with Crippen LogP contribution in [0.1, 0.15) is 42.1 Å². The van der Waals surface area contributed by atoms with Crippen LogP contribution >= 0.6 is 0 Å². The Bertz CT molecular complexity index is 794. The second kappa shape index (κ2) is 9.35. The summed E-state index contributed by atoms with van der Waals surface area (Å²) in [6, 6.07) is 14.1. The van der Waals surface area contributed by atoms with E-state index in [9.17, 15) is 14.9 Å². The molecule has 28 heavy (non-hydrogen) atoms. The third-order valence-corrected chi connectivity index (χ3v) is 5.30. The van der Waals surface area contributed by atoms with Crippen molar-refractivity contribution in [3.05, 3.63) is 69.8 Å². The van der Waals surface area contributed by atoms with Gasteiger partial charge in [0, 0.05) is 30.8 Å². The minimum absolute atomic E-state index is 0.00421. The summed E-state index contributed by atoms with van der Waals surface area (Å²) in [5.74, 6) is 1.48. The number of piperidine rings is 1. The number of hydrogen-bond donors (Lipinski definition) is 0. The molecule has 1 heterocycles. The number of benzene rings is 2. The maximum Gasteiger partial charge on any atom is 0.269 e. The molecule has 0 bridgehead atoms. The molecule has 0 spiro atoms. The molecule has 3 rings (SSSR count). The Labute approximate surface area is 165 Å². The van der Waals surface area contributed by atoms with E-state index >= 15 is 0 Å². The van der Waals surface area contributed by atoms with Crippen LogP contribution < -0.4 is 4.74 Å². The number of amides is 1. The van der Waals surface area contributed by atoms with Gasteiger partial charge in [-0.2, -0.15) is 0 Å². The van der Waals surface area contributed by atoms with Crippen LogP contribution in [0.4, 0.5) is 5.69 Å². The molecule has 2 aromatic rings. The van der Waals surface area contributed by atoms with Crippen molar-refractivity contribution < 1.29 is 14.5 Å². The number of rotatable bonds is 7. The van der Waals surface area contributed by atoms with Crippen LogP contribution in [0.15, 0.2) is 48.5 Å². The molecule has 0 aliphatic carbocycles. The number of ether oxygens (including phenoxy) is 1. The highest BCUT2D eigenvalue weighted by atomic mass is 16.6. The first kappa shape index (κ1) is 19.9. The quantitative estimate of drug-likeness (QED) is 0.523. The van der Waals surface area contributed by atoms with E-state index in [0.29, 0.717) is 18.1 Å². The highest BCUT2D eigenvalue weighted by Gasteiger charge is 2.23. The number of nitro groups is 1. The second-order valence-electron chi connectivity index (χ2n) is 7.16. The van der Waals surface area contributed by atoms with Gasteiger partial charge in [-0.3, -0.25) is 14.9 Å². The Morgan fingerprint density at radius 3 is 2.32 bits per heavy atom. The molecule has 0 aromatic heterocycles. The molecule has 2 aromatic carbocycles. The monoisotopic (exact) mass is 382 g/mol. The van der Waals surface area contributed by atoms with E-state index in [-0.39, 0.29) is 11.6 Å². The van der Waals surface area contributed by atoms with Gasteiger partial charge < -0.3 is 9.64 Å². The molecule has 6 nitrogen and oxygen atoms in total. The fraction of sp³-hybridized carbons (Fsp3) is 0.409. The van der Waals surface area contributed by atoms with Crippen molar-refractivity contribution in [2.75, 3.05) is 19.7 Å². The minimum atomic E-state index is -0.454. The van der Waals surface area contributed by atoms with Crippen molar-refractivity contribution in [2.24, 2.45) is 5.92 Å². The summed E-state index contributed by atoms with van der Waals surface area (Å²) in [5, 5.41) is 10.7. The fourth-order valence-electron chi connectivity index (χ4n) is 3.62. The zero-order chi connectivity index (χ0) is 19.9. The molecule has 1 amide bonds. The predicted octanol–water partition coefficient (Wildman–Crippen LogP) is 4.48. The Balaban J connectivity index is 1.46. The van der Waals surface area contributed by atoms with Crippen LogP contribution in [0.3, 0.4) is 0 Å². The van der Waals surface area contributed by atoms with Crippen LogP contribution in [0.5, 0.6) is 5.75 Å². The standard InChI is InChI=1S/C22H26N2O4/c1-2-28-21-11-5-17(6-12-21)3-4-18-13-15-23(16-14-18)22(25)19-7-9-20(10-8-19)24(26)27/h5-12,18H,2-4,13-16H2,1H3. The lowest BCUT2D eigenvalue weighted by Crippen LogP contribution is -2.38. The third kappa shape index (κ3) is 5.09. The van der Waals surface area contributed by atoms with Crippen molar-refractivity contribution >= 4 is 11.6 Å². The summed E-state index contributed by atoms with van der Waals surface area (Å²) < 4.78 is 5.47. The molecule has 0 atom stereocenters. The maximum absolute atomic E-state index is 12.6. The van der Waals surface area contributed by atoms with E-state index in [4.69, 9.17) is 4.74 Å². The van der Waals surface area contributed by atoms with E-state index in [1.54, 1.807) is 12.1 Å². The molecule has 0 saturated carbocycles. The van der Waals surface area contributed by atoms with Crippen LogP contribution in [0.25, 0.3) is 0 Å². The highest BCUT2D eigenvalue weighted by molar-refractivity contribution is 5.94. The van der Waals surface area contributed by atoms with Crippen LogP contribution in [0.2, 0.25) is 0 Å². The van der Waals surface area contributed by atoms with Gasteiger partial charge in [0.1, 0.15) is 5.75 Å². The van der Waals surface area contributed by atoms with E-state index in [0.717, 1.165) is 44.5 Å². The number of non-ortho nitro benzene ring substituents is 1. The van der Waals surface area contributed by atoms with Crippen molar-refractivity contribution in [3.63, 3.8) is 0 Å². The number of hydrogen-bond acceptors (Lipinski definition) is 4. The number of carbonyl (C=O) groups excluding carboxylic acids is 1. The zero-order valence-corrected chi connectivity index (χ0v) is 16.2. The Kier molecular flexibility index (Phi) is 6.63. The van der Waals surface area contributed by atoms with Gasteiger partial charge in [0.25, 0.3) is 11.6 Å². The lowest BCUT2D eigenvalue weighted by molar-refractivity contribution is -0.384. The highest BCUT2D eigenvalue weighted by Crippen LogP contribution is 2.24. The smallest absolute Gasteiger partial charge is 0.269 e. The largest absolute Gasteiger partial charge is 0.494 e. The van der Waals surface area contributed by atoms with Crippen LogP contribution in [-0.2, 0) is 6.42 Å². The lowest BCUT2D eigenvalue weighted by atomic mass is 9.90. The Morgan fingerprint density at radius 1 is 1.11 bits per heavy atom. The average Bonchev–Trinajstić information content (AvgIpc) is 2.73. The van der Waals surface area contributed by atoms with Gasteiger partial charge in [0.2, 0.25) is 0 Å². The van der Waals surface area contributed by atoms with Gasteiger partial charge in [0.15, 0.2) is 0 Å². The number of nitro benzene ring substituents is 1. The second-order valence-corrected chi connectivity index (χ2v) is 7.16. The fourth-order valence-corrected chi connectivity index (χ4v) is 3.62. The SMILES string of the molecule is CCOc1ccc(CCC2CCN(C(=O)c3ccc([N+](=O)[O-])cc3)CC2)cc1. The molecule has 0 unspecified atom stereocenters. The molecule has 0 radical (unpaired) electrons. The van der Waals surface area contributed by atoms with E-state index in [1.165, 1.54) is 17.7 Å². The van der Waals surface area contributed by atoms with Gasteiger partial charge >= 0.3 is 0 Å². The summed E-state index contributed by atoms with van der Waals surface area (Å²) in [5.41, 5.74) is 1.83. The van der Waals surface area contributed by atoms with Crippen molar-refractivity contribution in [3.8, 4) is 5.75 Å². The van der Waals surface area contributed by atoms with Crippen molar-refractivity contribution in [1.82, 2.24) is 4.90 Å². The predicted molar refractivity (Wildman–Crippen MR) is 108 cm³/mol. The molecule has 148 valence electrons. The summed E-state index contributed by atoms with van der Waals surface area (Å²) in [6.45, 7) is 4.14. The topological polar surface area (TPSA) is 72.7 Å². The molecule has 1 aliphatic rings. The summed E-state index contributed by atoms with van der Waals surface area (Å²) in [6.07, 6.45) is 4.15. The summed E-state index contributed by atoms with van der Waals surface area (Å²) in [4.78, 5) is 24.7. The third-order valence-electron chi connectivity index (χ3n) is 5.30. The number of likely N-dealkylation sites (tertiary alicyclic amines) is 1. The summed E-state index contributed by atoms with van der Waals surface area (Å²) in [7, 11) is 0. The summed E-state index contributed by atoms with van der Waals surface area (Å²) >= 11 is 0. The van der Waals surface area contributed by atoms with Gasteiger partial charge in [-0.05, 0) is 68.4 Å². The molecule has 6 heteroatoms. The van der Waals surface area contributed by atoms with Gasteiger partial charge in [-0.15, -0.1) is 0 Å². The van der Waals surface area contributed by atoms with Gasteiger partial charge in [0.05, 0.1) is 11.5 Å². The van der Waals surface area contributed by atoms with Crippen molar-refractivity contribution in [2.45, 2.75) is 32.6 Å². The average molecular weight is 382 g/mol. The number of carbonyl (C=O) groups is 1. The first-order chi connectivity index (χ1) is 13.6. The molecule has 1 fully saturated rings. The Hall–Kier alpha value is -2.89. The number of aryl methyl sites for hydroxylation is 1. The molecule has 1 aliphatic heterocycles. The van der Waals surface area contributed by atoms with E-state index < -0.39 is 4.92 Å². The molecule has 1 saturated heterocycles. The normalized spacial score (nSPS) is 14.7. The molecular formula is C22H26N2O4. The van der Waals surface area contributed by atoms with Crippen LogP contribution in [-0.4, -0.2) is 35.4 Å². The van der Waals surface area contributed by atoms with Gasteiger partial charge in [-0.25, -0.2) is 0 Å². The number of nitrogens with zero attached hydrogens (tertiary/aromatic N) is 2. The lowest BCUT2D eigenvalue weighted by Gasteiger charge is -2.32. The Morgan fingerprint density at radius 2 is 1.75 bits per heavy atom. The van der Waals surface area contributed by atoms with Crippen LogP contribution in [0, 0.1) is 16.0 Å². The first-order valence-electron chi connectivity index (χ1n) is 9.82. The van der Waals surface area contributed by atoms with E-state index in [1.807, 2.05) is 24.0 Å². The minimum Gasteiger partial charge on any atom is -0.494 e. The maximum atomic E-state index is 12.6. The van der Waals surface area contributed by atoms with Crippen molar-refractivity contribution in [1.29, 1.82) is 0 Å². The van der Waals surface area contributed by atoms with Gasteiger partial charge in [-0.1, -0.05) is 12.1 Å². The zero-order valence-electron chi connectivity index (χ0n) is 16.2. The first-order valence-corrected chi connectivity index (χ1v) is 9.82.